The van der Waals surface area contributed by atoms with Gasteiger partial charge in [-0.1, -0.05) is 334 Å². The fourth-order valence-corrected chi connectivity index (χ4v) is 18.8. The van der Waals surface area contributed by atoms with E-state index in [1.165, 1.54) is 88.0 Å². The smallest absolute Gasteiger partial charge is 0.234 e. The van der Waals surface area contributed by atoms with Gasteiger partial charge in [-0.05, 0) is 204 Å². The van der Waals surface area contributed by atoms with Crippen LogP contribution in [-0.4, -0.2) is 47.8 Å². The van der Waals surface area contributed by atoms with Crippen LogP contribution in [0.2, 0.25) is 0 Å². The molecule has 3 heterocycles. The Morgan fingerprint density at radius 3 is 1.13 bits per heavy atom. The molecule has 8 aliphatic rings. The number of carbonyl (C=O) groups excluding carboxylic acids is 3. The lowest BCUT2D eigenvalue weighted by Gasteiger charge is -2.15. The van der Waals surface area contributed by atoms with E-state index >= 15 is 0 Å². The van der Waals surface area contributed by atoms with Crippen molar-refractivity contribution >= 4 is 82.5 Å². The van der Waals surface area contributed by atoms with Gasteiger partial charge >= 0.3 is 0 Å². The van der Waals surface area contributed by atoms with Crippen LogP contribution in [0.4, 0.5) is 0 Å². The fourth-order valence-electron chi connectivity index (χ4n) is 18.8. The number of rotatable bonds is 13. The van der Waals surface area contributed by atoms with Crippen LogP contribution in [0.1, 0.15) is 88.4 Å². The number of aromatic nitrogens is 6. The van der Waals surface area contributed by atoms with Crippen molar-refractivity contribution in [2.45, 2.75) is 64.2 Å². The van der Waals surface area contributed by atoms with E-state index < -0.39 is 11.6 Å². The standard InChI is InChI=1S/C58H44N4.C32H26N2O.C24H14O2/c1-4-15-44(16-5-1)53-54(45-17-6-2-7-18-45)60-57(59-53)49-35-37-13-10-14-38-26-28-40(22-11-21-39(49)27-25-37)50(36-38)58-61-55(46-19-8-3-9-20-46)56(62-58)48-34-32-43-30-29-41-23-12-24-42-31-33-47(48)52(43)51(41)42;35-21-28-19-22-11-12-23-14-16-25(18-17-24(28)15-13-22)29(20-23)32-33-30(26-7-3-1-4-8-26)31(34-32)27-9-5-2-6-10-27;25-23(17-6-2-1-3-7-17)24(26)20-14-18-10-4-8-15-12-13-16-9-5-11-19(20)22(16)21(15)18/h1-9,12,15-20,23-36H,10-11,13-14,21-22H2,(H,59,60)(H,61,62);1-10,13-16,19-21H,11-12,17-18H2,(H,33,34);1-14H. The third kappa shape index (κ3) is 14.6. The zero-order chi connectivity index (χ0) is 82.3. The summed E-state index contributed by atoms with van der Waals surface area (Å²) in [4.78, 5) is 65.0. The van der Waals surface area contributed by atoms with Crippen molar-refractivity contribution in [3.8, 4) is 102 Å². The van der Waals surface area contributed by atoms with Crippen LogP contribution < -0.4 is 0 Å². The molecule has 0 unspecified atom stereocenters. The van der Waals surface area contributed by atoms with Gasteiger partial charge < -0.3 is 15.0 Å². The number of hydrogen-bond acceptors (Lipinski definition) is 6. The first-order valence-electron chi connectivity index (χ1n) is 42.7. The van der Waals surface area contributed by atoms with E-state index in [-0.39, 0.29) is 0 Å². The molecule has 3 aromatic heterocycles. The molecular weight excluding hydrogens is 1500 g/mol. The molecule has 0 saturated carbocycles. The molecule has 3 N–H and O–H groups in total. The minimum absolute atomic E-state index is 0.419. The quantitative estimate of drug-likeness (QED) is 0.0455. The lowest BCUT2D eigenvalue weighted by molar-refractivity contribution is 0.0818. The van der Waals surface area contributed by atoms with E-state index in [1.807, 2.05) is 54.6 Å². The van der Waals surface area contributed by atoms with Gasteiger partial charge in [-0.3, -0.25) is 14.4 Å². The minimum Gasteiger partial charge on any atom is -0.337 e. The second-order valence-corrected chi connectivity index (χ2v) is 32.6. The maximum absolute atomic E-state index is 13.0. The maximum Gasteiger partial charge on any atom is 0.234 e. The van der Waals surface area contributed by atoms with E-state index in [0.29, 0.717) is 11.1 Å². The predicted molar refractivity (Wildman–Crippen MR) is 504 cm³/mol. The number of carbonyl (C=O) groups is 3. The summed E-state index contributed by atoms with van der Waals surface area (Å²) in [7, 11) is 0. The molecule has 0 aliphatic heterocycles. The van der Waals surface area contributed by atoms with Crippen molar-refractivity contribution in [2.24, 2.45) is 0 Å². The zero-order valence-electron chi connectivity index (χ0n) is 67.9. The van der Waals surface area contributed by atoms with Crippen molar-refractivity contribution in [2.75, 3.05) is 0 Å². The topological polar surface area (TPSA) is 137 Å². The van der Waals surface area contributed by atoms with Gasteiger partial charge in [0.25, 0.3) is 0 Å². The molecule has 0 radical (unpaired) electrons. The van der Waals surface area contributed by atoms with E-state index in [2.05, 4.69) is 300 Å². The number of aldehydes is 1. The third-order valence-corrected chi connectivity index (χ3v) is 25.0. The summed E-state index contributed by atoms with van der Waals surface area (Å²) < 4.78 is 0. The minimum atomic E-state index is -0.472. The summed E-state index contributed by atoms with van der Waals surface area (Å²) in [5.41, 5.74) is 28.2. The second kappa shape index (κ2) is 32.8. The summed E-state index contributed by atoms with van der Waals surface area (Å²) in [6.07, 6.45) is 10.3. The summed E-state index contributed by atoms with van der Waals surface area (Å²) in [6, 6.07) is 127. The Morgan fingerprint density at radius 2 is 0.626 bits per heavy atom. The Kier molecular flexibility index (Phi) is 20.0. The largest absolute Gasteiger partial charge is 0.337 e. The number of aryl methyl sites for hydroxylation is 8. The SMILES string of the molecule is O=C(C(=O)c1cc2cccc3ccc4cccc1c4c32)c1ccccc1.O=Cc1cc2ccc1CCc1ccc(cc1-c1nc(-c3ccccc3)c(-c3ccccc3)[nH]1)CC2.c1ccc(-c2nc(-c3cc4ccc3CCCc3ccc(cc3-c3nc(-c5ccccc5)c(-c5ccc6ccc7cccc8ccc5c6c78)[nH]3)CCC4)[nH]c2-c2ccccc2)cc1. The first-order chi connectivity index (χ1) is 60.7. The van der Waals surface area contributed by atoms with Gasteiger partial charge in [-0.2, -0.15) is 0 Å². The van der Waals surface area contributed by atoms with E-state index in [4.69, 9.17) is 15.0 Å². The first kappa shape index (κ1) is 75.2. The van der Waals surface area contributed by atoms with E-state index in [1.54, 1.807) is 24.3 Å². The van der Waals surface area contributed by atoms with Gasteiger partial charge in [0.2, 0.25) is 11.6 Å². The van der Waals surface area contributed by atoms with Gasteiger partial charge in [0.1, 0.15) is 23.8 Å². The van der Waals surface area contributed by atoms with Crippen molar-refractivity contribution in [1.29, 1.82) is 0 Å². The lowest BCUT2D eigenvalue weighted by atomic mass is 9.89. The number of benzene rings is 18. The molecule has 18 aromatic carbocycles. The Hall–Kier alpha value is -15.3. The van der Waals surface area contributed by atoms with E-state index in [9.17, 15) is 14.4 Å². The second-order valence-electron chi connectivity index (χ2n) is 32.6. The Bertz CT molecular complexity index is 7410. The highest BCUT2D eigenvalue weighted by Gasteiger charge is 2.27. The molecule has 0 atom stereocenters. The normalized spacial score (nSPS) is 12.7. The van der Waals surface area contributed by atoms with Crippen molar-refractivity contribution < 1.29 is 14.4 Å². The first-order valence-corrected chi connectivity index (χ1v) is 42.7. The molecule has 8 bridgehead atoms. The van der Waals surface area contributed by atoms with Crippen LogP contribution in [0.15, 0.2) is 364 Å². The number of imidazole rings is 3. The van der Waals surface area contributed by atoms with Crippen LogP contribution in [0.25, 0.3) is 166 Å². The van der Waals surface area contributed by atoms with Crippen molar-refractivity contribution in [3.63, 3.8) is 0 Å². The number of aromatic amines is 3. The summed E-state index contributed by atoms with van der Waals surface area (Å²) >= 11 is 0. The number of ketones is 2. The average Bonchev–Trinajstić information content (AvgIpc) is 1.48. The van der Waals surface area contributed by atoms with Crippen molar-refractivity contribution in [1.82, 2.24) is 29.9 Å². The summed E-state index contributed by atoms with van der Waals surface area (Å²) in [6.45, 7) is 0. The number of nitrogens with one attached hydrogen (secondary N) is 3. The molecule has 0 amide bonds. The van der Waals surface area contributed by atoms with Crippen LogP contribution >= 0.6 is 0 Å². The molecule has 29 rings (SSSR count). The van der Waals surface area contributed by atoms with Gasteiger partial charge in [-0.15, -0.1) is 0 Å². The van der Waals surface area contributed by atoms with Crippen LogP contribution in [0.3, 0.4) is 0 Å². The van der Waals surface area contributed by atoms with Gasteiger partial charge in [0.05, 0.1) is 34.2 Å². The van der Waals surface area contributed by atoms with Gasteiger partial charge in [0, 0.05) is 66.8 Å². The van der Waals surface area contributed by atoms with Gasteiger partial charge in [0.15, 0.2) is 0 Å². The monoisotopic (exact) mass is 1580 g/mol. The van der Waals surface area contributed by atoms with Crippen LogP contribution in [-0.2, 0) is 51.4 Å². The molecule has 0 saturated heterocycles. The molecule has 0 spiro atoms. The Morgan fingerprint density at radius 1 is 0.260 bits per heavy atom. The highest BCUT2D eigenvalue weighted by Crippen LogP contribution is 2.45. The molecule has 588 valence electrons. The lowest BCUT2D eigenvalue weighted by Crippen LogP contribution is -2.15. The van der Waals surface area contributed by atoms with E-state index in [0.717, 1.165) is 199 Å². The highest BCUT2D eigenvalue weighted by atomic mass is 16.2. The number of hydrogen-bond donors (Lipinski definition) is 3. The zero-order valence-corrected chi connectivity index (χ0v) is 67.9. The molecule has 9 nitrogen and oxygen atoms in total. The van der Waals surface area contributed by atoms with Crippen LogP contribution in [0.5, 0.6) is 0 Å². The van der Waals surface area contributed by atoms with Crippen molar-refractivity contribution in [3.05, 3.63) is 425 Å². The summed E-state index contributed by atoms with van der Waals surface area (Å²) in [5, 5.41) is 13.9. The molecule has 9 heteroatoms. The molecule has 21 aromatic rings. The highest BCUT2D eigenvalue weighted by molar-refractivity contribution is 6.52. The molecule has 0 fully saturated rings. The number of H-pyrrole nitrogens is 3. The third-order valence-electron chi connectivity index (χ3n) is 25.0. The van der Waals surface area contributed by atoms with Gasteiger partial charge in [-0.25, -0.2) is 15.0 Å². The van der Waals surface area contributed by atoms with Crippen LogP contribution in [0, 0.1) is 0 Å². The average molecular weight is 1590 g/mol. The number of Topliss-reactive ketones (excluding diaryl/α,β-unsaturated/α-hetero) is 2. The predicted octanol–water partition coefficient (Wildman–Crippen LogP) is 27.5. The summed E-state index contributed by atoms with van der Waals surface area (Å²) in [5.74, 6) is 1.81. The molecule has 123 heavy (non-hydrogen) atoms. The Labute approximate surface area is 713 Å². The number of nitrogens with zero attached hydrogens (tertiary/aromatic N) is 3. The molecule has 8 aliphatic carbocycles. The fraction of sp³-hybridized carbons (Fsp3) is 0.0877. The molecular formula is C114H84N6O3. The Balaban J connectivity index is 0.000000127. The maximum atomic E-state index is 13.0.